The number of aliphatic carboxylic acids is 1. The fraction of sp³-hybridized carbons (Fsp3) is 0.500. The van der Waals surface area contributed by atoms with Crippen LogP contribution in [0.1, 0.15) is 90.0 Å². The number of thioether (sulfide) groups is 1. The second-order valence-corrected chi connectivity index (χ2v) is 23.5. The van der Waals surface area contributed by atoms with Crippen LogP contribution in [0.2, 0.25) is 0 Å². The molecule has 92 heavy (non-hydrogen) atoms. The molecule has 2 heterocycles. The van der Waals surface area contributed by atoms with E-state index in [1.165, 1.54) is 68.0 Å². The number of nitrogens with one attached hydrogen (secondary N) is 11. The number of carboxylic acid groups (broad SMARTS) is 1. The third kappa shape index (κ3) is 25.5. The van der Waals surface area contributed by atoms with E-state index in [2.05, 4.69) is 68.1 Å². The van der Waals surface area contributed by atoms with E-state index < -0.39 is 175 Å². The summed E-state index contributed by atoms with van der Waals surface area (Å²) in [6, 6.07) is -5.50. The van der Waals surface area contributed by atoms with Crippen LogP contribution >= 0.6 is 11.8 Å². The minimum atomic E-state index is -2.04. The summed E-state index contributed by atoms with van der Waals surface area (Å²) in [5, 5.41) is 55.4. The molecule has 1 aromatic heterocycles. The highest BCUT2D eigenvalue weighted by Gasteiger charge is 2.38. The predicted octanol–water partition coefficient (Wildman–Crippen LogP) is -4.56. The van der Waals surface area contributed by atoms with Gasteiger partial charge in [-0.15, -0.1) is 11.8 Å². The molecule has 0 aliphatic carbocycles. The number of aliphatic imine (C=N–C) groups is 1. The lowest BCUT2D eigenvalue weighted by Crippen LogP contribution is -2.61. The van der Waals surface area contributed by atoms with Crippen LogP contribution < -0.4 is 76.1 Å². The van der Waals surface area contributed by atoms with Crippen molar-refractivity contribution in [3.63, 3.8) is 0 Å². The van der Waals surface area contributed by atoms with E-state index in [0.717, 1.165) is 11.8 Å². The normalized spacial score (nSPS) is 23.8. The number of aromatic hydroxyl groups is 2. The van der Waals surface area contributed by atoms with Gasteiger partial charge in [0.2, 0.25) is 70.9 Å². The molecule has 1 fully saturated rings. The van der Waals surface area contributed by atoms with Crippen molar-refractivity contribution in [3.05, 3.63) is 77.9 Å². The Morgan fingerprint density at radius 1 is 0.598 bits per heavy atom. The molecule has 12 amide bonds. The van der Waals surface area contributed by atoms with Crippen LogP contribution in [0.3, 0.4) is 0 Å². The average molecular weight is 1310 g/mol. The summed E-state index contributed by atoms with van der Waals surface area (Å²) in [7, 11) is 0. The van der Waals surface area contributed by atoms with Crippen LogP contribution in [-0.4, -0.2) is 187 Å². The molecule has 0 bridgehead atoms. The Morgan fingerprint density at radius 3 is 1.54 bits per heavy atom. The van der Waals surface area contributed by atoms with Crippen molar-refractivity contribution in [2.45, 2.75) is 153 Å². The number of hydrogen-bond donors (Lipinski definition) is 18. The molecule has 502 valence electrons. The van der Waals surface area contributed by atoms with Gasteiger partial charge in [-0.2, -0.15) is 0 Å². The zero-order valence-electron chi connectivity index (χ0n) is 51.4. The summed E-state index contributed by atoms with van der Waals surface area (Å²) in [4.78, 5) is 191. The number of primary amides is 2. The van der Waals surface area contributed by atoms with Crippen LogP contribution in [0, 0.1) is 11.8 Å². The molecule has 0 radical (unpaired) electrons. The molecular weight excluding hydrogens is 1220 g/mol. The summed E-state index contributed by atoms with van der Waals surface area (Å²) in [5.74, 6) is -16.4. The molecule has 22 N–H and O–H groups in total. The Labute approximate surface area is 533 Å². The minimum Gasteiger partial charge on any atom is -0.508 e. The zero-order valence-corrected chi connectivity index (χ0v) is 52.3. The lowest BCUT2D eigenvalue weighted by atomic mass is 9.97. The number of aromatic nitrogens is 2. The van der Waals surface area contributed by atoms with E-state index >= 15 is 0 Å². The number of carbonyl (C=O) groups excluding carboxylic acids is 12. The van der Waals surface area contributed by atoms with Crippen LogP contribution in [0.5, 0.6) is 11.5 Å². The van der Waals surface area contributed by atoms with Crippen molar-refractivity contribution < 1.29 is 77.6 Å². The smallest absolute Gasteiger partial charge is 0.305 e. The fourth-order valence-corrected chi connectivity index (χ4v) is 10.1. The van der Waals surface area contributed by atoms with E-state index in [1.54, 1.807) is 27.7 Å². The molecule has 0 saturated carbocycles. The molecule has 11 atom stereocenters. The third-order valence-electron chi connectivity index (χ3n) is 14.3. The number of phenols is 2. The van der Waals surface area contributed by atoms with Gasteiger partial charge in [0.15, 0.2) is 5.96 Å². The maximum Gasteiger partial charge on any atom is 0.305 e. The molecule has 1 saturated heterocycles. The first kappa shape index (κ1) is 74.4. The number of nitrogens with two attached hydrogens (primary N) is 4. The van der Waals surface area contributed by atoms with Crippen molar-refractivity contribution in [1.29, 1.82) is 0 Å². The van der Waals surface area contributed by atoms with Gasteiger partial charge in [-0.3, -0.25) is 67.3 Å². The average Bonchev–Trinajstić information content (AvgIpc) is 1.24. The Hall–Kier alpha value is -10.0. The molecule has 3 aromatic rings. The lowest BCUT2D eigenvalue weighted by molar-refractivity contribution is -0.141. The third-order valence-corrected chi connectivity index (χ3v) is 15.4. The summed E-state index contributed by atoms with van der Waals surface area (Å²) in [5.41, 5.74) is 23.1. The van der Waals surface area contributed by atoms with Crippen molar-refractivity contribution in [2.24, 2.45) is 39.8 Å². The van der Waals surface area contributed by atoms with E-state index in [-0.39, 0.29) is 72.6 Å². The molecule has 0 spiro atoms. The van der Waals surface area contributed by atoms with Gasteiger partial charge in [-0.05, 0) is 73.4 Å². The molecular formula is C58H83N17O16S. The van der Waals surface area contributed by atoms with Crippen molar-refractivity contribution in [3.8, 4) is 11.5 Å². The second-order valence-electron chi connectivity index (χ2n) is 22.4. The highest BCUT2D eigenvalue weighted by atomic mass is 32.2. The molecule has 4 rings (SSSR count). The number of aromatic amines is 1. The number of amides is 12. The fourth-order valence-electron chi connectivity index (χ4n) is 9.21. The van der Waals surface area contributed by atoms with Crippen LogP contribution in [0.15, 0.2) is 66.0 Å². The molecule has 1 aliphatic heterocycles. The molecule has 1 aliphatic rings. The first-order valence-electron chi connectivity index (χ1n) is 29.4. The molecule has 0 unspecified atom stereocenters. The summed E-state index contributed by atoms with van der Waals surface area (Å²) >= 11 is 0.778. The van der Waals surface area contributed by atoms with Crippen LogP contribution in [-0.2, 0) is 81.6 Å². The number of carboxylic acids is 1. The topological polar surface area (TPSA) is 548 Å². The summed E-state index contributed by atoms with van der Waals surface area (Å²) in [6.45, 7) is 8.13. The highest BCUT2D eigenvalue weighted by molar-refractivity contribution is 8.00. The Balaban J connectivity index is 1.88. The standard InChI is InChI=1S/C58H83N17O16S/c1-6-29(4)47-57(91)67-36(8-7-17-64-58(61)62)50(84)68-37(18-28(2)3)51(85)69-39(20-32-11-15-35(77)16-12-32)53(87)73-42(23-46(80)81)56(90)70-38(19-31-9-13-34(76)14-10-31)52(86)71-40(21-33-24-63-27-65-33)54(88)72-41(22-44(59)78)55(89)74-43(48(60)82)25-92-26-45(79)66-30(5)49(83)75-47/h9-16,24,27-30,36-43,47,76-77H,6-8,17-23,25-26H2,1-5H3,(H2,59,78)(H2,60,82)(H,63,65)(H,66,79)(H,67,91)(H,68,84)(H,69,85)(H,70,90)(H,71,86)(H,72,88)(H,73,87)(H,74,89)(H,75,83)(H,80,81)(H4,61,62,64)/t29-,30-,36-,37-,38-,39-,40-,41-,42-,43-,47-/m0/s1. The number of rotatable bonds is 19. The number of benzene rings is 2. The van der Waals surface area contributed by atoms with Gasteiger partial charge in [-0.1, -0.05) is 58.4 Å². The van der Waals surface area contributed by atoms with Gasteiger partial charge in [0.05, 0.1) is 24.9 Å². The number of phenolic OH excluding ortho intramolecular Hbond substituents is 2. The first-order chi connectivity index (χ1) is 43.4. The van der Waals surface area contributed by atoms with Crippen molar-refractivity contribution in [2.75, 3.05) is 18.1 Å². The monoisotopic (exact) mass is 1310 g/mol. The van der Waals surface area contributed by atoms with Gasteiger partial charge in [0.1, 0.15) is 71.9 Å². The zero-order chi connectivity index (χ0) is 68.4. The Morgan fingerprint density at radius 2 is 1.07 bits per heavy atom. The largest absolute Gasteiger partial charge is 0.508 e. The van der Waals surface area contributed by atoms with Crippen molar-refractivity contribution >= 4 is 94.6 Å². The first-order valence-corrected chi connectivity index (χ1v) is 30.6. The van der Waals surface area contributed by atoms with E-state index in [1.807, 2.05) is 0 Å². The summed E-state index contributed by atoms with van der Waals surface area (Å²) in [6.07, 6.45) is -0.521. The molecule has 34 heteroatoms. The van der Waals surface area contributed by atoms with E-state index in [0.29, 0.717) is 12.0 Å². The Bertz CT molecular complexity index is 3110. The van der Waals surface area contributed by atoms with Crippen molar-refractivity contribution in [1.82, 2.24) is 63.1 Å². The second kappa shape index (κ2) is 36.6. The van der Waals surface area contributed by atoms with Gasteiger partial charge >= 0.3 is 5.97 Å². The maximum atomic E-state index is 14.7. The van der Waals surface area contributed by atoms with E-state index in [9.17, 15) is 77.6 Å². The number of guanidine groups is 1. The lowest BCUT2D eigenvalue weighted by Gasteiger charge is -2.29. The SMILES string of the molecule is CC[C@H](C)[C@@H]1NC(=O)[C@H](C)NC(=O)CSC[C@@H](C(N)=O)NC(=O)[C@H](CC(N)=O)NC(=O)[C@H](Cc2cnc[nH]2)NC(=O)[C@H](Cc2ccc(O)cc2)NC(=O)[C@H](CC(=O)O)NC(=O)[C@H](Cc2ccc(O)cc2)NC(=O)[C@H](CC(C)C)NC(=O)[C@H](CCCN=C(N)N)NC1=O. The Kier molecular flexibility index (Phi) is 29.6. The quantitative estimate of drug-likeness (QED) is 0.0305. The number of hydrogen-bond acceptors (Lipinski definition) is 18. The summed E-state index contributed by atoms with van der Waals surface area (Å²) < 4.78 is 0. The van der Waals surface area contributed by atoms with Crippen LogP contribution in [0.4, 0.5) is 0 Å². The van der Waals surface area contributed by atoms with E-state index in [4.69, 9.17) is 22.9 Å². The molecule has 2 aromatic carbocycles. The minimum absolute atomic E-state index is 0.0129. The van der Waals surface area contributed by atoms with Gasteiger partial charge in [-0.25, -0.2) is 4.98 Å². The number of carbonyl (C=O) groups is 13. The number of nitrogens with zero attached hydrogens (tertiary/aromatic N) is 2. The number of imidazole rings is 1. The maximum absolute atomic E-state index is 14.7. The molecule has 33 nitrogen and oxygen atoms in total. The van der Waals surface area contributed by atoms with Gasteiger partial charge in [0, 0.05) is 43.5 Å². The highest BCUT2D eigenvalue weighted by Crippen LogP contribution is 2.17. The van der Waals surface area contributed by atoms with Gasteiger partial charge in [0.25, 0.3) is 0 Å². The predicted molar refractivity (Wildman–Crippen MR) is 332 cm³/mol. The van der Waals surface area contributed by atoms with Crippen LogP contribution in [0.25, 0.3) is 0 Å². The number of H-pyrrole nitrogens is 1. The van der Waals surface area contributed by atoms with Gasteiger partial charge < -0.3 is 96.4 Å².